The van der Waals surface area contributed by atoms with Crippen molar-refractivity contribution in [2.24, 2.45) is 0 Å². The number of esters is 1. The maximum absolute atomic E-state index is 11.9. The summed E-state index contributed by atoms with van der Waals surface area (Å²) >= 11 is 1.53. The van der Waals surface area contributed by atoms with Gasteiger partial charge in [0, 0.05) is 10.5 Å². The molecule has 0 aliphatic rings. The van der Waals surface area contributed by atoms with Gasteiger partial charge < -0.3 is 14.8 Å². The summed E-state index contributed by atoms with van der Waals surface area (Å²) in [6, 6.07) is 14.6. The predicted molar refractivity (Wildman–Crippen MR) is 94.5 cm³/mol. The summed E-state index contributed by atoms with van der Waals surface area (Å²) in [5.74, 6) is -0.231. The van der Waals surface area contributed by atoms with E-state index < -0.39 is 5.97 Å². The topological polar surface area (TPSA) is 64.6 Å². The van der Waals surface area contributed by atoms with Crippen LogP contribution in [0.5, 0.6) is 5.75 Å². The number of anilines is 1. The smallest absolute Gasteiger partial charge is 0.310 e. The van der Waals surface area contributed by atoms with E-state index in [1.165, 1.54) is 11.8 Å². The second-order valence-corrected chi connectivity index (χ2v) is 5.75. The number of carbonyl (C=O) groups excluding carboxylic acids is 2. The number of amides is 1. The molecular formula is C18H19NO4S. The van der Waals surface area contributed by atoms with Gasteiger partial charge in [-0.2, -0.15) is 0 Å². The van der Waals surface area contributed by atoms with E-state index in [2.05, 4.69) is 5.32 Å². The normalized spacial score (nSPS) is 10.1. The van der Waals surface area contributed by atoms with E-state index in [9.17, 15) is 9.59 Å². The lowest BCUT2D eigenvalue weighted by Crippen LogP contribution is -2.22. The zero-order chi connectivity index (χ0) is 17.4. The average molecular weight is 345 g/mol. The molecule has 0 saturated carbocycles. The van der Waals surface area contributed by atoms with E-state index in [1.807, 2.05) is 36.6 Å². The number of carbonyl (C=O) groups is 2. The number of methoxy groups -OCH3 is 1. The number of hydrogen-bond acceptors (Lipinski definition) is 5. The summed E-state index contributed by atoms with van der Waals surface area (Å²) in [7, 11) is 1.54. The van der Waals surface area contributed by atoms with Crippen molar-refractivity contribution in [1.29, 1.82) is 0 Å². The van der Waals surface area contributed by atoms with Gasteiger partial charge in [-0.1, -0.05) is 30.3 Å². The van der Waals surface area contributed by atoms with E-state index in [0.717, 1.165) is 10.5 Å². The van der Waals surface area contributed by atoms with E-state index in [0.29, 0.717) is 11.4 Å². The molecule has 1 N–H and O–H groups in total. The SMILES string of the molecule is COc1ccccc1CC(=O)OCC(=O)Nc1ccccc1SC. The first-order valence-corrected chi connectivity index (χ1v) is 8.57. The van der Waals surface area contributed by atoms with Gasteiger partial charge in [0.25, 0.3) is 5.91 Å². The maximum Gasteiger partial charge on any atom is 0.310 e. The van der Waals surface area contributed by atoms with Crippen molar-refractivity contribution in [3.8, 4) is 5.75 Å². The van der Waals surface area contributed by atoms with Crippen molar-refractivity contribution in [3.63, 3.8) is 0 Å². The van der Waals surface area contributed by atoms with Crippen LogP contribution in [-0.2, 0) is 20.7 Å². The van der Waals surface area contributed by atoms with Crippen molar-refractivity contribution in [2.75, 3.05) is 25.3 Å². The molecule has 0 unspecified atom stereocenters. The molecule has 126 valence electrons. The second kappa shape index (κ2) is 8.98. The van der Waals surface area contributed by atoms with Crippen molar-refractivity contribution in [2.45, 2.75) is 11.3 Å². The molecule has 0 bridgehead atoms. The fourth-order valence-electron chi connectivity index (χ4n) is 2.14. The van der Waals surface area contributed by atoms with Gasteiger partial charge in [0.05, 0.1) is 19.2 Å². The minimum Gasteiger partial charge on any atom is -0.496 e. The molecule has 2 rings (SSSR count). The quantitative estimate of drug-likeness (QED) is 0.617. The van der Waals surface area contributed by atoms with Crippen LogP contribution in [0.1, 0.15) is 5.56 Å². The largest absolute Gasteiger partial charge is 0.496 e. The fourth-order valence-corrected chi connectivity index (χ4v) is 2.69. The maximum atomic E-state index is 11.9. The average Bonchev–Trinajstić information content (AvgIpc) is 2.61. The molecule has 0 spiro atoms. The Morgan fingerprint density at radius 1 is 1.08 bits per heavy atom. The summed E-state index contributed by atoms with van der Waals surface area (Å²) in [5, 5.41) is 2.74. The molecule has 0 aromatic heterocycles. The van der Waals surface area contributed by atoms with Crippen LogP contribution in [0.25, 0.3) is 0 Å². The Kier molecular flexibility index (Phi) is 6.69. The van der Waals surface area contributed by atoms with Crippen molar-refractivity contribution in [3.05, 3.63) is 54.1 Å². The molecule has 0 heterocycles. The molecule has 2 aromatic rings. The molecule has 5 nitrogen and oxygen atoms in total. The van der Waals surface area contributed by atoms with E-state index in [1.54, 1.807) is 25.3 Å². The van der Waals surface area contributed by atoms with Crippen LogP contribution in [0.3, 0.4) is 0 Å². The molecule has 0 saturated heterocycles. The first-order chi connectivity index (χ1) is 11.6. The highest BCUT2D eigenvalue weighted by atomic mass is 32.2. The van der Waals surface area contributed by atoms with Crippen LogP contribution in [-0.4, -0.2) is 31.8 Å². The predicted octanol–water partition coefficient (Wildman–Crippen LogP) is 3.14. The number of benzene rings is 2. The van der Waals surface area contributed by atoms with Crippen LogP contribution in [0.15, 0.2) is 53.4 Å². The third kappa shape index (κ3) is 5.03. The molecular weight excluding hydrogens is 326 g/mol. The van der Waals surface area contributed by atoms with Gasteiger partial charge in [-0.25, -0.2) is 0 Å². The summed E-state index contributed by atoms with van der Waals surface area (Å²) in [5.41, 5.74) is 1.42. The minimum atomic E-state index is -0.479. The Bertz CT molecular complexity index is 656. The first kappa shape index (κ1) is 17.9. The van der Waals surface area contributed by atoms with Gasteiger partial charge in [-0.15, -0.1) is 11.8 Å². The second-order valence-electron chi connectivity index (χ2n) is 4.90. The Hall–Kier alpha value is -2.47. The molecule has 0 atom stereocenters. The Morgan fingerprint density at radius 2 is 1.79 bits per heavy atom. The fraction of sp³-hybridized carbons (Fsp3) is 0.222. The summed E-state index contributed by atoms with van der Waals surface area (Å²) in [4.78, 5) is 24.8. The van der Waals surface area contributed by atoms with Crippen molar-refractivity contribution < 1.29 is 19.1 Å². The highest BCUT2D eigenvalue weighted by molar-refractivity contribution is 7.98. The summed E-state index contributed by atoms with van der Waals surface area (Å²) < 4.78 is 10.2. The lowest BCUT2D eigenvalue weighted by molar-refractivity contribution is -0.146. The molecule has 0 aliphatic carbocycles. The number of nitrogens with one attached hydrogen (secondary N) is 1. The number of para-hydroxylation sites is 2. The Balaban J connectivity index is 1.86. The monoisotopic (exact) mass is 345 g/mol. The summed E-state index contributed by atoms with van der Waals surface area (Å²) in [6.45, 7) is -0.323. The molecule has 24 heavy (non-hydrogen) atoms. The van der Waals surface area contributed by atoms with Gasteiger partial charge in [-0.05, 0) is 24.5 Å². The molecule has 0 radical (unpaired) electrons. The van der Waals surface area contributed by atoms with Gasteiger partial charge in [0.15, 0.2) is 6.61 Å². The van der Waals surface area contributed by atoms with Gasteiger partial charge in [-0.3, -0.25) is 9.59 Å². The van der Waals surface area contributed by atoms with Gasteiger partial charge in [0.1, 0.15) is 5.75 Å². The number of ether oxygens (including phenoxy) is 2. The number of hydrogen-bond donors (Lipinski definition) is 1. The first-order valence-electron chi connectivity index (χ1n) is 7.34. The van der Waals surface area contributed by atoms with Crippen LogP contribution in [0, 0.1) is 0 Å². The molecule has 6 heteroatoms. The zero-order valence-electron chi connectivity index (χ0n) is 13.6. The lowest BCUT2D eigenvalue weighted by Gasteiger charge is -2.10. The van der Waals surface area contributed by atoms with Crippen molar-refractivity contribution in [1.82, 2.24) is 0 Å². The third-order valence-corrected chi connectivity index (χ3v) is 4.07. The van der Waals surface area contributed by atoms with Gasteiger partial charge in [0.2, 0.25) is 0 Å². The zero-order valence-corrected chi connectivity index (χ0v) is 14.4. The van der Waals surface area contributed by atoms with E-state index in [-0.39, 0.29) is 18.9 Å². The molecule has 0 fully saturated rings. The Morgan fingerprint density at radius 3 is 2.54 bits per heavy atom. The minimum absolute atomic E-state index is 0.0543. The molecule has 2 aromatic carbocycles. The van der Waals surface area contributed by atoms with Gasteiger partial charge >= 0.3 is 5.97 Å². The highest BCUT2D eigenvalue weighted by Crippen LogP contribution is 2.24. The number of thioether (sulfide) groups is 1. The molecule has 1 amide bonds. The highest BCUT2D eigenvalue weighted by Gasteiger charge is 2.12. The van der Waals surface area contributed by atoms with Crippen LogP contribution in [0.4, 0.5) is 5.69 Å². The van der Waals surface area contributed by atoms with Crippen LogP contribution >= 0.6 is 11.8 Å². The number of rotatable bonds is 7. The van der Waals surface area contributed by atoms with Crippen LogP contribution in [0.2, 0.25) is 0 Å². The standard InChI is InChI=1S/C18H19NO4S/c1-22-15-9-5-3-7-13(15)11-18(21)23-12-17(20)19-14-8-4-6-10-16(14)24-2/h3-10H,11-12H2,1-2H3,(H,19,20). The van der Waals surface area contributed by atoms with Crippen LogP contribution < -0.4 is 10.1 Å². The van der Waals surface area contributed by atoms with Crippen molar-refractivity contribution >= 4 is 29.3 Å². The Labute approximate surface area is 145 Å². The molecule has 0 aliphatic heterocycles. The summed E-state index contributed by atoms with van der Waals surface area (Å²) in [6.07, 6.45) is 1.98. The lowest BCUT2D eigenvalue weighted by atomic mass is 10.1. The van der Waals surface area contributed by atoms with E-state index >= 15 is 0 Å². The third-order valence-electron chi connectivity index (χ3n) is 3.27. The van der Waals surface area contributed by atoms with E-state index in [4.69, 9.17) is 9.47 Å².